The summed E-state index contributed by atoms with van der Waals surface area (Å²) in [4.78, 5) is 178. The summed E-state index contributed by atoms with van der Waals surface area (Å²) >= 11 is 0. The van der Waals surface area contributed by atoms with Crippen LogP contribution in [0.25, 0.3) is 0 Å². The van der Waals surface area contributed by atoms with Crippen LogP contribution in [-0.2, 0) is 76.5 Å². The number of nitrogens with one attached hydrogen (secondary N) is 5. The van der Waals surface area contributed by atoms with Crippen LogP contribution in [0.3, 0.4) is 0 Å². The highest BCUT2D eigenvalue weighted by Crippen LogP contribution is 2.28. The van der Waals surface area contributed by atoms with Crippen LogP contribution >= 0.6 is 0 Å². The van der Waals surface area contributed by atoms with E-state index in [1.807, 2.05) is 47.6 Å². The number of aliphatic hydroxyl groups is 1. The fourth-order valence-electron chi connectivity index (χ4n) is 12.0. The van der Waals surface area contributed by atoms with E-state index in [-0.39, 0.29) is 81.6 Å². The fourth-order valence-corrected chi connectivity index (χ4v) is 12.0. The molecule has 0 aliphatic carbocycles. The number of nitrogens with zero attached hydrogens (tertiary/aromatic N) is 7. The molecular formula is C71H130N12O17. The van der Waals surface area contributed by atoms with Crippen molar-refractivity contribution in [1.29, 1.82) is 0 Å². The molecule has 0 fully saturated rings. The quantitative estimate of drug-likeness (QED) is 0.0290. The van der Waals surface area contributed by atoms with Gasteiger partial charge in [-0.1, -0.05) is 95.2 Å². The van der Waals surface area contributed by atoms with Crippen molar-refractivity contribution < 1.29 is 81.6 Å². The lowest BCUT2D eigenvalue weighted by Gasteiger charge is -2.44. The second kappa shape index (κ2) is 45.2. The molecule has 10 amide bonds. The van der Waals surface area contributed by atoms with Crippen LogP contribution in [0.4, 0.5) is 0 Å². The summed E-state index contributed by atoms with van der Waals surface area (Å²) in [6.45, 7) is 30.5. The molecule has 29 nitrogen and oxygen atoms in total. The van der Waals surface area contributed by atoms with Crippen LogP contribution in [0.5, 0.6) is 0 Å². The monoisotopic (exact) mass is 1420 g/mol. The average molecular weight is 1420 g/mol. The Labute approximate surface area is 597 Å². The van der Waals surface area contributed by atoms with E-state index in [0.29, 0.717) is 6.42 Å². The van der Waals surface area contributed by atoms with Crippen LogP contribution < -0.4 is 26.6 Å². The van der Waals surface area contributed by atoms with Crippen LogP contribution in [0, 0.1) is 41.4 Å². The van der Waals surface area contributed by atoms with Crippen molar-refractivity contribution in [2.24, 2.45) is 41.4 Å². The largest absolute Gasteiger partial charge is 0.462 e. The molecule has 0 heterocycles. The van der Waals surface area contributed by atoms with Crippen molar-refractivity contribution in [2.45, 2.75) is 236 Å². The molecule has 0 aromatic carbocycles. The summed E-state index contributed by atoms with van der Waals surface area (Å²) in [6, 6.07) is -12.7. The molecule has 576 valence electrons. The number of allylic oxidation sites excluding steroid dienone is 2. The van der Waals surface area contributed by atoms with Crippen LogP contribution in [0.2, 0.25) is 0 Å². The third kappa shape index (κ3) is 28.5. The summed E-state index contributed by atoms with van der Waals surface area (Å²) in [7, 11) is 14.8. The van der Waals surface area contributed by atoms with Gasteiger partial charge in [-0.2, -0.15) is 0 Å². The SMILES string of the molecule is C/C=C/C[C@@H](C)[C@@H](OC(C)=O)[C@@H](C(=O)N[C@@H](CC)C(=O)OCCN(C)C(C)=O)N(C)C(=O)[C@H](C(C)C)N(C)C(O)[C@H](CC(C)C)N(C)C(=O)[C@H](CC(C)C)N(C)C(=O)[C@@H](C)NC(=O)[C@H](C)NC(=O)[C@H](CC(C)C)N(C)C(=O)[C@@H](NC(=O)[C@H](C(COC)COC)N(C)C(=O)[C@@H](C)NC)C(C)C. The van der Waals surface area contributed by atoms with Crippen LogP contribution in [0.1, 0.15) is 157 Å². The third-order valence-corrected chi connectivity index (χ3v) is 18.2. The van der Waals surface area contributed by atoms with Crippen LogP contribution in [-0.4, -0.2) is 286 Å². The van der Waals surface area contributed by atoms with Crippen molar-refractivity contribution in [1.82, 2.24) is 60.9 Å². The Morgan fingerprint density at radius 3 is 1.47 bits per heavy atom. The smallest absolute Gasteiger partial charge is 0.328 e. The first-order valence-corrected chi connectivity index (χ1v) is 35.2. The second-order valence-corrected chi connectivity index (χ2v) is 28.7. The Balaban J connectivity index is 7.22. The van der Waals surface area contributed by atoms with Gasteiger partial charge in [-0.3, -0.25) is 57.6 Å². The number of methoxy groups -OCH3 is 2. The summed E-state index contributed by atoms with van der Waals surface area (Å²) in [5.41, 5.74) is 0. The fraction of sp³-hybridized carbons (Fsp3) is 0.803. The number of hydrogen-bond donors (Lipinski definition) is 6. The second-order valence-electron chi connectivity index (χ2n) is 28.7. The van der Waals surface area contributed by atoms with E-state index in [1.165, 1.54) is 114 Å². The van der Waals surface area contributed by atoms with Crippen molar-refractivity contribution in [2.75, 3.05) is 97.0 Å². The van der Waals surface area contributed by atoms with Gasteiger partial charge in [0.25, 0.3) is 0 Å². The molecule has 0 saturated carbocycles. The predicted molar refractivity (Wildman–Crippen MR) is 382 cm³/mol. The normalized spacial score (nSPS) is 16.0. The predicted octanol–water partition coefficient (Wildman–Crippen LogP) is 2.65. The van der Waals surface area contributed by atoms with E-state index < -0.39 is 162 Å². The first-order chi connectivity index (χ1) is 46.4. The molecule has 0 aliphatic rings. The minimum Gasteiger partial charge on any atom is -0.462 e. The van der Waals surface area contributed by atoms with Gasteiger partial charge in [-0.05, 0) is 109 Å². The molecule has 100 heavy (non-hydrogen) atoms. The lowest BCUT2D eigenvalue weighted by molar-refractivity contribution is -0.166. The molecule has 1 unspecified atom stereocenters. The topological polar surface area (TPSA) is 345 Å². The van der Waals surface area contributed by atoms with E-state index in [1.54, 1.807) is 75.6 Å². The molecule has 0 spiro atoms. The molecule has 0 aromatic heterocycles. The molecule has 0 saturated heterocycles. The maximum atomic E-state index is 15.3. The Hall–Kier alpha value is -6.82. The highest BCUT2D eigenvalue weighted by atomic mass is 16.5. The Morgan fingerprint density at radius 2 is 1.01 bits per heavy atom. The van der Waals surface area contributed by atoms with Crippen LogP contribution in [0.15, 0.2) is 12.2 Å². The molecule has 6 N–H and O–H groups in total. The van der Waals surface area contributed by atoms with E-state index >= 15 is 9.59 Å². The Bertz CT molecular complexity index is 2670. The number of amides is 10. The van der Waals surface area contributed by atoms with E-state index in [4.69, 9.17) is 18.9 Å². The van der Waals surface area contributed by atoms with Crippen molar-refractivity contribution in [3.05, 3.63) is 12.2 Å². The highest BCUT2D eigenvalue weighted by molar-refractivity contribution is 5.98. The Morgan fingerprint density at radius 1 is 0.520 bits per heavy atom. The van der Waals surface area contributed by atoms with E-state index in [9.17, 15) is 53.1 Å². The zero-order valence-corrected chi connectivity index (χ0v) is 65.7. The minimum atomic E-state index is -1.56. The van der Waals surface area contributed by atoms with Gasteiger partial charge in [0, 0.05) is 76.3 Å². The minimum absolute atomic E-state index is 0.0439. The van der Waals surface area contributed by atoms with Crippen molar-refractivity contribution in [3.63, 3.8) is 0 Å². The number of hydrogen-bond acceptors (Lipinski definition) is 19. The molecular weight excluding hydrogens is 1290 g/mol. The standard InChI is InChI=1S/C71H130N12O17/c1-29-31-32-45(13)60(100-50(18)85)59(64(89)75-52(30-2)71(96)99-34-33-77(20)49(17)84)83(26)70(95)57(44(11)12)81(24)68(93)55(37-42(7)8)80(23)67(92)54(36-41(5)6)79(22)66(91)48(16)74-61(86)46(14)73-62(87)53(35-40(3)4)78(21)69(94)56(43(9)10)76-63(88)58(51(38-97-27)39-98-28)82(25)65(90)47(15)72-19/h29,31,40-48,51-60,68,72,93H,30,32-39H2,1-28H3,(H,73,87)(H,74,86)(H,75,89)(H,76,88)/b31-29+/t45-,46+,47-,48-,52+,53+,54+,55+,56+,57+,58+,59+,60-,68?/m1/s1. The maximum Gasteiger partial charge on any atom is 0.328 e. The van der Waals surface area contributed by atoms with Gasteiger partial charge in [0.05, 0.1) is 37.9 Å². The number of carbonyl (C=O) groups is 12. The van der Waals surface area contributed by atoms with Gasteiger partial charge < -0.3 is 80.0 Å². The lowest BCUT2D eigenvalue weighted by atomic mass is 9.91. The maximum absolute atomic E-state index is 15.3. The molecule has 0 aliphatic heterocycles. The van der Waals surface area contributed by atoms with E-state index in [0.717, 1.165) is 4.90 Å². The third-order valence-electron chi connectivity index (χ3n) is 18.2. The van der Waals surface area contributed by atoms with Gasteiger partial charge in [-0.15, -0.1) is 0 Å². The number of likely N-dealkylation sites (N-methyl/N-ethyl adjacent to an activating group) is 8. The zero-order valence-electron chi connectivity index (χ0n) is 65.7. The molecule has 0 radical (unpaired) electrons. The summed E-state index contributed by atoms with van der Waals surface area (Å²) in [5, 5.41) is 26.5. The molecule has 29 heteroatoms. The molecule has 0 bridgehead atoms. The van der Waals surface area contributed by atoms with Gasteiger partial charge in [0.1, 0.15) is 67.3 Å². The van der Waals surface area contributed by atoms with Gasteiger partial charge in [0.15, 0.2) is 0 Å². The first kappa shape index (κ1) is 93.2. The number of aliphatic hydroxyl groups excluding tert-OH is 1. The van der Waals surface area contributed by atoms with E-state index in [2.05, 4.69) is 26.6 Å². The van der Waals surface area contributed by atoms with Crippen molar-refractivity contribution >= 4 is 71.0 Å². The van der Waals surface area contributed by atoms with Gasteiger partial charge in [0.2, 0.25) is 59.1 Å². The lowest BCUT2D eigenvalue weighted by Crippen LogP contribution is -2.64. The summed E-state index contributed by atoms with van der Waals surface area (Å²) in [5.74, 6) is -10.3. The molecule has 0 aromatic rings. The average Bonchev–Trinajstić information content (AvgIpc) is 0.800. The van der Waals surface area contributed by atoms with Gasteiger partial charge >= 0.3 is 11.9 Å². The number of esters is 2. The number of rotatable bonds is 45. The van der Waals surface area contributed by atoms with Gasteiger partial charge in [-0.25, -0.2) is 4.79 Å². The number of carbonyl (C=O) groups excluding carboxylic acids is 12. The Kier molecular flexibility index (Phi) is 42.1. The summed E-state index contributed by atoms with van der Waals surface area (Å²) < 4.78 is 22.2. The molecule has 14 atom stereocenters. The summed E-state index contributed by atoms with van der Waals surface area (Å²) in [6.07, 6.45) is 1.69. The number of ether oxygens (including phenoxy) is 4. The first-order valence-electron chi connectivity index (χ1n) is 35.2. The highest BCUT2D eigenvalue weighted by Gasteiger charge is 2.47. The molecule has 0 rings (SSSR count). The van der Waals surface area contributed by atoms with Crippen molar-refractivity contribution in [3.8, 4) is 0 Å². The zero-order chi connectivity index (χ0) is 77.7.